The van der Waals surface area contributed by atoms with Gasteiger partial charge in [0, 0.05) is 22.8 Å². The first-order valence-corrected chi connectivity index (χ1v) is 6.42. The second-order valence-electron chi connectivity index (χ2n) is 4.66. The number of benzene rings is 2. The highest BCUT2D eigenvalue weighted by Crippen LogP contribution is 2.19. The van der Waals surface area contributed by atoms with Gasteiger partial charge in [-0.1, -0.05) is 30.3 Å². The molecule has 1 aromatic heterocycles. The molecule has 0 saturated heterocycles. The van der Waals surface area contributed by atoms with Crippen LogP contribution in [0.3, 0.4) is 0 Å². The van der Waals surface area contributed by atoms with Crippen molar-refractivity contribution in [2.75, 3.05) is 5.32 Å². The maximum absolute atomic E-state index is 12.1. The van der Waals surface area contributed by atoms with E-state index in [1.807, 2.05) is 60.8 Å². The first-order chi connectivity index (χ1) is 9.74. The van der Waals surface area contributed by atoms with Crippen molar-refractivity contribution in [3.8, 4) is 0 Å². The number of carbonyl (C=O) groups excluding carboxylic acids is 1. The van der Waals surface area contributed by atoms with Gasteiger partial charge in [-0.25, -0.2) is 0 Å². The summed E-state index contributed by atoms with van der Waals surface area (Å²) in [4.78, 5) is 15.3. The van der Waals surface area contributed by atoms with Crippen LogP contribution in [-0.4, -0.2) is 10.9 Å². The van der Waals surface area contributed by atoms with Crippen molar-refractivity contribution < 1.29 is 4.79 Å². The van der Waals surface area contributed by atoms with Crippen LogP contribution in [0.5, 0.6) is 0 Å². The lowest BCUT2D eigenvalue weighted by Crippen LogP contribution is -2.27. The van der Waals surface area contributed by atoms with Gasteiger partial charge in [0.25, 0.3) is 0 Å². The van der Waals surface area contributed by atoms with E-state index >= 15 is 0 Å². The Morgan fingerprint density at radius 3 is 2.70 bits per heavy atom. The minimum absolute atomic E-state index is 0.217. The molecule has 4 nitrogen and oxygen atoms in total. The molecule has 1 atom stereocenters. The standard InChI is InChI=1S/C16H15N3O/c17-15(11-4-2-1-3-5-11)16(20)19-13-6-7-14-12(10-13)8-9-18-14/h1-10,15,18H,17H2,(H,19,20). The van der Waals surface area contributed by atoms with Crippen molar-refractivity contribution in [2.24, 2.45) is 5.73 Å². The third-order valence-corrected chi connectivity index (χ3v) is 3.26. The summed E-state index contributed by atoms with van der Waals surface area (Å²) in [6.07, 6.45) is 1.87. The molecule has 0 bridgehead atoms. The Balaban J connectivity index is 1.78. The maximum Gasteiger partial charge on any atom is 0.245 e. The van der Waals surface area contributed by atoms with Gasteiger partial charge >= 0.3 is 0 Å². The van der Waals surface area contributed by atoms with Crippen LogP contribution >= 0.6 is 0 Å². The van der Waals surface area contributed by atoms with E-state index in [0.717, 1.165) is 22.2 Å². The Labute approximate surface area is 116 Å². The van der Waals surface area contributed by atoms with Crippen LogP contribution in [0.4, 0.5) is 5.69 Å². The number of hydrogen-bond donors (Lipinski definition) is 3. The lowest BCUT2D eigenvalue weighted by molar-refractivity contribution is -0.117. The number of anilines is 1. The second-order valence-corrected chi connectivity index (χ2v) is 4.66. The minimum Gasteiger partial charge on any atom is -0.361 e. The zero-order valence-corrected chi connectivity index (χ0v) is 10.8. The number of hydrogen-bond acceptors (Lipinski definition) is 2. The summed E-state index contributed by atoms with van der Waals surface area (Å²) in [7, 11) is 0. The molecular weight excluding hydrogens is 250 g/mol. The van der Waals surface area contributed by atoms with E-state index < -0.39 is 6.04 Å². The van der Waals surface area contributed by atoms with E-state index in [0.29, 0.717) is 0 Å². The molecular formula is C16H15N3O. The van der Waals surface area contributed by atoms with Crippen LogP contribution in [0.1, 0.15) is 11.6 Å². The van der Waals surface area contributed by atoms with Gasteiger partial charge in [-0.3, -0.25) is 4.79 Å². The average Bonchev–Trinajstić information content (AvgIpc) is 2.95. The summed E-state index contributed by atoms with van der Waals surface area (Å²) in [6.45, 7) is 0. The molecule has 1 amide bonds. The van der Waals surface area contributed by atoms with Crippen LogP contribution in [0.2, 0.25) is 0 Å². The fraction of sp³-hybridized carbons (Fsp3) is 0.0625. The van der Waals surface area contributed by atoms with Crippen molar-refractivity contribution in [1.29, 1.82) is 0 Å². The van der Waals surface area contributed by atoms with Crippen molar-refractivity contribution in [3.63, 3.8) is 0 Å². The van der Waals surface area contributed by atoms with Gasteiger partial charge in [0.15, 0.2) is 0 Å². The predicted octanol–water partition coefficient (Wildman–Crippen LogP) is 2.81. The lowest BCUT2D eigenvalue weighted by Gasteiger charge is -2.12. The highest BCUT2D eigenvalue weighted by molar-refractivity contribution is 5.97. The zero-order chi connectivity index (χ0) is 13.9. The van der Waals surface area contributed by atoms with E-state index in [1.165, 1.54) is 0 Å². The number of rotatable bonds is 3. The summed E-state index contributed by atoms with van der Waals surface area (Å²) < 4.78 is 0. The third kappa shape index (κ3) is 2.41. The number of fused-ring (bicyclic) bond motifs is 1. The normalized spacial score (nSPS) is 12.2. The van der Waals surface area contributed by atoms with Crippen LogP contribution in [0, 0.1) is 0 Å². The fourth-order valence-corrected chi connectivity index (χ4v) is 2.16. The van der Waals surface area contributed by atoms with Gasteiger partial charge in [-0.2, -0.15) is 0 Å². The molecule has 1 heterocycles. The molecule has 0 saturated carbocycles. The lowest BCUT2D eigenvalue weighted by atomic mass is 10.1. The monoisotopic (exact) mass is 265 g/mol. The molecule has 3 aromatic rings. The smallest absolute Gasteiger partial charge is 0.245 e. The molecule has 0 aliphatic carbocycles. The number of nitrogens with one attached hydrogen (secondary N) is 2. The molecule has 0 spiro atoms. The average molecular weight is 265 g/mol. The van der Waals surface area contributed by atoms with Crippen molar-refractivity contribution in [1.82, 2.24) is 4.98 Å². The third-order valence-electron chi connectivity index (χ3n) is 3.26. The Kier molecular flexibility index (Phi) is 3.23. The number of H-pyrrole nitrogens is 1. The Bertz CT molecular complexity index is 734. The largest absolute Gasteiger partial charge is 0.361 e. The molecule has 4 heteroatoms. The van der Waals surface area contributed by atoms with E-state index in [4.69, 9.17) is 5.73 Å². The first-order valence-electron chi connectivity index (χ1n) is 6.42. The van der Waals surface area contributed by atoms with Gasteiger partial charge in [-0.05, 0) is 29.8 Å². The van der Waals surface area contributed by atoms with Crippen molar-refractivity contribution in [3.05, 3.63) is 66.4 Å². The van der Waals surface area contributed by atoms with Gasteiger partial charge < -0.3 is 16.0 Å². The zero-order valence-electron chi connectivity index (χ0n) is 10.8. The number of amides is 1. The SMILES string of the molecule is NC(C(=O)Nc1ccc2[nH]ccc2c1)c1ccccc1. The first kappa shape index (κ1) is 12.4. The number of carbonyl (C=O) groups is 1. The molecule has 4 N–H and O–H groups in total. The van der Waals surface area contributed by atoms with Crippen LogP contribution < -0.4 is 11.1 Å². The summed E-state index contributed by atoms with van der Waals surface area (Å²) in [5.41, 5.74) is 8.54. The maximum atomic E-state index is 12.1. The Morgan fingerprint density at radius 2 is 1.90 bits per heavy atom. The molecule has 1 unspecified atom stereocenters. The number of aromatic amines is 1. The second kappa shape index (κ2) is 5.19. The minimum atomic E-state index is -0.668. The van der Waals surface area contributed by atoms with Crippen LogP contribution in [-0.2, 0) is 4.79 Å². The van der Waals surface area contributed by atoms with E-state index in [1.54, 1.807) is 0 Å². The molecule has 0 aliphatic rings. The summed E-state index contributed by atoms with van der Waals surface area (Å²) in [6, 6.07) is 16.3. The summed E-state index contributed by atoms with van der Waals surface area (Å²) in [5, 5.41) is 3.90. The highest BCUT2D eigenvalue weighted by atomic mass is 16.2. The van der Waals surface area contributed by atoms with Gasteiger partial charge in [0.05, 0.1) is 0 Å². The predicted molar refractivity (Wildman–Crippen MR) is 80.3 cm³/mol. The number of nitrogens with two attached hydrogens (primary N) is 1. The number of aromatic nitrogens is 1. The molecule has 0 radical (unpaired) electrons. The fourth-order valence-electron chi connectivity index (χ4n) is 2.16. The van der Waals surface area contributed by atoms with Gasteiger partial charge in [0.1, 0.15) is 6.04 Å². The van der Waals surface area contributed by atoms with Crippen LogP contribution in [0.25, 0.3) is 10.9 Å². The van der Waals surface area contributed by atoms with E-state index in [9.17, 15) is 4.79 Å². The van der Waals surface area contributed by atoms with E-state index in [-0.39, 0.29) is 5.91 Å². The van der Waals surface area contributed by atoms with Crippen molar-refractivity contribution >= 4 is 22.5 Å². The Morgan fingerprint density at radius 1 is 1.10 bits per heavy atom. The summed E-state index contributed by atoms with van der Waals surface area (Å²) in [5.74, 6) is -0.217. The molecule has 20 heavy (non-hydrogen) atoms. The van der Waals surface area contributed by atoms with Crippen molar-refractivity contribution in [2.45, 2.75) is 6.04 Å². The van der Waals surface area contributed by atoms with Gasteiger partial charge in [-0.15, -0.1) is 0 Å². The summed E-state index contributed by atoms with van der Waals surface area (Å²) >= 11 is 0. The quantitative estimate of drug-likeness (QED) is 0.681. The Hall–Kier alpha value is -2.59. The van der Waals surface area contributed by atoms with E-state index in [2.05, 4.69) is 10.3 Å². The molecule has 0 fully saturated rings. The molecule has 0 aliphatic heterocycles. The molecule has 100 valence electrons. The molecule has 3 rings (SSSR count). The topological polar surface area (TPSA) is 70.9 Å². The van der Waals surface area contributed by atoms with Gasteiger partial charge in [0.2, 0.25) is 5.91 Å². The van der Waals surface area contributed by atoms with Crippen LogP contribution in [0.15, 0.2) is 60.8 Å². The highest BCUT2D eigenvalue weighted by Gasteiger charge is 2.15. The molecule has 2 aromatic carbocycles.